The van der Waals surface area contributed by atoms with E-state index in [0.29, 0.717) is 11.7 Å². The number of halogens is 1. The fourth-order valence-corrected chi connectivity index (χ4v) is 2.88. The summed E-state index contributed by atoms with van der Waals surface area (Å²) in [6, 6.07) is 7.47. The molecule has 1 aliphatic heterocycles. The third-order valence-electron chi connectivity index (χ3n) is 3.57. The van der Waals surface area contributed by atoms with Crippen molar-refractivity contribution in [3.8, 4) is 5.75 Å². The van der Waals surface area contributed by atoms with E-state index >= 15 is 0 Å². The van der Waals surface area contributed by atoms with Crippen molar-refractivity contribution in [3.05, 3.63) is 28.7 Å². The maximum absolute atomic E-state index is 12.1. The first-order valence-electron chi connectivity index (χ1n) is 6.96. The fraction of sp³-hybridized carbons (Fsp3) is 0.533. The van der Waals surface area contributed by atoms with Crippen LogP contribution in [-0.2, 0) is 4.79 Å². The Kier molecular flexibility index (Phi) is 5.86. The van der Waals surface area contributed by atoms with E-state index in [0.717, 1.165) is 36.8 Å². The van der Waals surface area contributed by atoms with Crippen molar-refractivity contribution in [3.63, 3.8) is 0 Å². The molecule has 2 rings (SSSR count). The van der Waals surface area contributed by atoms with E-state index < -0.39 is 0 Å². The lowest BCUT2D eigenvalue weighted by Crippen LogP contribution is -2.42. The van der Waals surface area contributed by atoms with E-state index in [4.69, 9.17) is 9.84 Å². The topological polar surface area (TPSA) is 49.8 Å². The van der Waals surface area contributed by atoms with Gasteiger partial charge >= 0.3 is 0 Å². The van der Waals surface area contributed by atoms with Gasteiger partial charge in [-0.3, -0.25) is 4.79 Å². The minimum atomic E-state index is 0.0209. The summed E-state index contributed by atoms with van der Waals surface area (Å²) in [6.07, 6.45) is 2.88. The first-order chi connectivity index (χ1) is 9.69. The molecule has 1 fully saturated rings. The highest BCUT2D eigenvalue weighted by Gasteiger charge is 2.23. The van der Waals surface area contributed by atoms with Gasteiger partial charge in [0.2, 0.25) is 0 Å². The number of hydrogen-bond acceptors (Lipinski definition) is 3. The SMILES string of the molecule is O=C(COc1cccc(Br)c1)N1CCCC(CCO)C1. The average Bonchev–Trinajstić information content (AvgIpc) is 2.45. The summed E-state index contributed by atoms with van der Waals surface area (Å²) in [5, 5.41) is 8.99. The summed E-state index contributed by atoms with van der Waals surface area (Å²) >= 11 is 3.37. The Balaban J connectivity index is 1.82. The number of carbonyl (C=O) groups excluding carboxylic acids is 1. The van der Waals surface area contributed by atoms with Crippen LogP contribution < -0.4 is 4.74 Å². The van der Waals surface area contributed by atoms with Crippen LogP contribution >= 0.6 is 15.9 Å². The van der Waals surface area contributed by atoms with E-state index in [2.05, 4.69) is 15.9 Å². The molecular weight excluding hydrogens is 322 g/mol. The monoisotopic (exact) mass is 341 g/mol. The van der Waals surface area contributed by atoms with Crippen molar-refractivity contribution in [2.45, 2.75) is 19.3 Å². The Morgan fingerprint density at radius 3 is 3.10 bits per heavy atom. The second kappa shape index (κ2) is 7.64. The molecule has 0 aromatic heterocycles. The molecular formula is C15H20BrNO3. The minimum Gasteiger partial charge on any atom is -0.484 e. The van der Waals surface area contributed by atoms with Gasteiger partial charge in [0.15, 0.2) is 6.61 Å². The van der Waals surface area contributed by atoms with Crippen LogP contribution in [-0.4, -0.2) is 42.2 Å². The van der Waals surface area contributed by atoms with E-state index in [1.165, 1.54) is 0 Å². The molecule has 5 heteroatoms. The van der Waals surface area contributed by atoms with Gasteiger partial charge < -0.3 is 14.7 Å². The zero-order valence-corrected chi connectivity index (χ0v) is 13.0. The number of benzene rings is 1. The largest absolute Gasteiger partial charge is 0.484 e. The molecule has 1 aromatic carbocycles. The molecule has 0 radical (unpaired) electrons. The van der Waals surface area contributed by atoms with Gasteiger partial charge in [-0.1, -0.05) is 22.0 Å². The lowest BCUT2D eigenvalue weighted by Gasteiger charge is -2.32. The number of hydrogen-bond donors (Lipinski definition) is 1. The maximum atomic E-state index is 12.1. The molecule has 0 bridgehead atoms. The molecule has 1 aliphatic rings. The Morgan fingerprint density at radius 1 is 1.50 bits per heavy atom. The van der Waals surface area contributed by atoms with Crippen LogP contribution in [0, 0.1) is 5.92 Å². The van der Waals surface area contributed by atoms with E-state index in [9.17, 15) is 4.79 Å². The number of carbonyl (C=O) groups is 1. The number of piperidine rings is 1. The molecule has 1 amide bonds. The highest BCUT2D eigenvalue weighted by molar-refractivity contribution is 9.10. The van der Waals surface area contributed by atoms with E-state index in [1.807, 2.05) is 29.2 Å². The molecule has 1 N–H and O–H groups in total. The lowest BCUT2D eigenvalue weighted by molar-refractivity contribution is -0.135. The summed E-state index contributed by atoms with van der Waals surface area (Å²) in [5.74, 6) is 1.13. The first kappa shape index (κ1) is 15.3. The second-order valence-corrected chi connectivity index (χ2v) is 6.02. The molecule has 0 saturated carbocycles. The number of nitrogens with zero attached hydrogens (tertiary/aromatic N) is 1. The minimum absolute atomic E-state index is 0.0209. The van der Waals surface area contributed by atoms with Crippen LogP contribution in [0.3, 0.4) is 0 Å². The molecule has 4 nitrogen and oxygen atoms in total. The van der Waals surface area contributed by atoms with Crippen LogP contribution in [0.15, 0.2) is 28.7 Å². The van der Waals surface area contributed by atoms with Crippen LogP contribution in [0.4, 0.5) is 0 Å². The van der Waals surface area contributed by atoms with Gasteiger partial charge in [-0.05, 0) is 43.4 Å². The number of amides is 1. The summed E-state index contributed by atoms with van der Waals surface area (Å²) < 4.78 is 6.46. The average molecular weight is 342 g/mol. The van der Waals surface area contributed by atoms with Gasteiger partial charge in [0.1, 0.15) is 5.75 Å². The van der Waals surface area contributed by atoms with Crippen molar-refractivity contribution in [1.29, 1.82) is 0 Å². The summed E-state index contributed by atoms with van der Waals surface area (Å²) in [5.41, 5.74) is 0. The standard InChI is InChI=1S/C15H20BrNO3/c16-13-4-1-5-14(9-13)20-11-15(19)17-7-2-3-12(10-17)6-8-18/h1,4-5,9,12,18H,2-3,6-8,10-11H2. The van der Waals surface area contributed by atoms with Crippen molar-refractivity contribution >= 4 is 21.8 Å². The Bertz CT molecular complexity index is 450. The summed E-state index contributed by atoms with van der Waals surface area (Å²) in [7, 11) is 0. The molecule has 0 aliphatic carbocycles. The van der Waals surface area contributed by atoms with Gasteiger partial charge in [-0.2, -0.15) is 0 Å². The molecule has 1 atom stereocenters. The predicted molar refractivity (Wildman–Crippen MR) is 80.6 cm³/mol. The first-order valence-corrected chi connectivity index (χ1v) is 7.75. The molecule has 0 spiro atoms. The molecule has 20 heavy (non-hydrogen) atoms. The fourth-order valence-electron chi connectivity index (χ4n) is 2.50. The van der Waals surface area contributed by atoms with Crippen LogP contribution in [0.1, 0.15) is 19.3 Å². The Hall–Kier alpha value is -1.07. The number of likely N-dealkylation sites (tertiary alicyclic amines) is 1. The normalized spacial score (nSPS) is 18.9. The molecule has 1 saturated heterocycles. The molecule has 110 valence electrons. The number of aliphatic hydroxyl groups is 1. The summed E-state index contributed by atoms with van der Waals surface area (Å²) in [4.78, 5) is 14.0. The third kappa shape index (κ3) is 4.49. The van der Waals surface area contributed by atoms with Crippen molar-refractivity contribution in [2.24, 2.45) is 5.92 Å². The van der Waals surface area contributed by atoms with Crippen molar-refractivity contribution in [1.82, 2.24) is 4.90 Å². The van der Waals surface area contributed by atoms with Gasteiger partial charge in [0.05, 0.1) is 0 Å². The van der Waals surface area contributed by atoms with Crippen LogP contribution in [0.2, 0.25) is 0 Å². The van der Waals surface area contributed by atoms with E-state index in [-0.39, 0.29) is 19.1 Å². The predicted octanol–water partition coefficient (Wildman–Crippen LogP) is 2.45. The third-order valence-corrected chi connectivity index (χ3v) is 4.06. The summed E-state index contributed by atoms with van der Waals surface area (Å²) in [6.45, 7) is 1.80. The van der Waals surface area contributed by atoms with Crippen LogP contribution in [0.5, 0.6) is 5.75 Å². The zero-order valence-electron chi connectivity index (χ0n) is 11.4. The van der Waals surface area contributed by atoms with Gasteiger partial charge in [0.25, 0.3) is 5.91 Å². The van der Waals surface area contributed by atoms with Gasteiger partial charge in [0, 0.05) is 24.2 Å². The number of ether oxygens (including phenoxy) is 1. The highest BCUT2D eigenvalue weighted by atomic mass is 79.9. The number of aliphatic hydroxyl groups excluding tert-OH is 1. The van der Waals surface area contributed by atoms with E-state index in [1.54, 1.807) is 0 Å². The quantitative estimate of drug-likeness (QED) is 0.894. The smallest absolute Gasteiger partial charge is 0.260 e. The molecule has 1 aromatic rings. The van der Waals surface area contributed by atoms with Gasteiger partial charge in [-0.15, -0.1) is 0 Å². The van der Waals surface area contributed by atoms with Gasteiger partial charge in [-0.25, -0.2) is 0 Å². The molecule has 1 unspecified atom stereocenters. The zero-order chi connectivity index (χ0) is 14.4. The van der Waals surface area contributed by atoms with Crippen molar-refractivity contribution < 1.29 is 14.6 Å². The molecule has 1 heterocycles. The lowest BCUT2D eigenvalue weighted by atomic mass is 9.95. The second-order valence-electron chi connectivity index (χ2n) is 5.11. The van der Waals surface area contributed by atoms with Crippen molar-refractivity contribution in [2.75, 3.05) is 26.3 Å². The Morgan fingerprint density at radius 2 is 2.35 bits per heavy atom. The Labute approximate surface area is 127 Å². The highest BCUT2D eigenvalue weighted by Crippen LogP contribution is 2.20. The van der Waals surface area contributed by atoms with Crippen LogP contribution in [0.25, 0.3) is 0 Å². The number of rotatable bonds is 5. The maximum Gasteiger partial charge on any atom is 0.260 e.